The lowest BCUT2D eigenvalue weighted by molar-refractivity contribution is -0.126. The van der Waals surface area contributed by atoms with Crippen LogP contribution in [-0.4, -0.2) is 31.8 Å². The van der Waals surface area contributed by atoms with Gasteiger partial charge in [0.05, 0.1) is 6.61 Å². The van der Waals surface area contributed by atoms with Crippen LogP contribution in [0.3, 0.4) is 0 Å². The summed E-state index contributed by atoms with van der Waals surface area (Å²) in [6.07, 6.45) is 2.28. The number of rotatable bonds is 4. The van der Waals surface area contributed by atoms with E-state index in [9.17, 15) is 9.18 Å². The monoisotopic (exact) mass is 322 g/mol. The van der Waals surface area contributed by atoms with Gasteiger partial charge in [0.15, 0.2) is 6.79 Å². The van der Waals surface area contributed by atoms with Gasteiger partial charge in [-0.3, -0.25) is 4.79 Å². The van der Waals surface area contributed by atoms with Crippen molar-refractivity contribution in [2.24, 2.45) is 5.92 Å². The van der Waals surface area contributed by atoms with E-state index in [2.05, 4.69) is 17.6 Å². The van der Waals surface area contributed by atoms with E-state index in [1.165, 1.54) is 12.1 Å². The minimum atomic E-state index is -0.300. The van der Waals surface area contributed by atoms with Crippen molar-refractivity contribution in [2.75, 3.05) is 19.9 Å². The molecule has 23 heavy (non-hydrogen) atoms. The molecule has 3 rings (SSSR count). The predicted molar refractivity (Wildman–Crippen MR) is 83.6 cm³/mol. The average molecular weight is 322 g/mol. The maximum atomic E-state index is 13.7. The van der Waals surface area contributed by atoms with Gasteiger partial charge in [0.25, 0.3) is 0 Å². The summed E-state index contributed by atoms with van der Waals surface area (Å²) < 4.78 is 24.3. The Bertz CT molecular complexity index is 579. The minimum absolute atomic E-state index is 0.0670. The van der Waals surface area contributed by atoms with Crippen LogP contribution < -0.4 is 15.4 Å². The number of benzene rings is 1. The van der Waals surface area contributed by atoms with Crippen LogP contribution in [0.4, 0.5) is 4.39 Å². The van der Waals surface area contributed by atoms with Gasteiger partial charge >= 0.3 is 0 Å². The van der Waals surface area contributed by atoms with Crippen LogP contribution in [0.1, 0.15) is 30.9 Å². The Kier molecular flexibility index (Phi) is 5.13. The fourth-order valence-electron chi connectivity index (χ4n) is 3.28. The highest BCUT2D eigenvalue weighted by Gasteiger charge is 2.24. The third-order valence-electron chi connectivity index (χ3n) is 4.44. The molecule has 126 valence electrons. The molecule has 1 fully saturated rings. The van der Waals surface area contributed by atoms with Gasteiger partial charge in [0.1, 0.15) is 11.6 Å². The highest BCUT2D eigenvalue weighted by atomic mass is 19.1. The number of carbonyl (C=O) groups excluding carboxylic acids is 1. The summed E-state index contributed by atoms with van der Waals surface area (Å²) in [7, 11) is 0. The third-order valence-corrected chi connectivity index (χ3v) is 4.44. The first kappa shape index (κ1) is 16.2. The number of piperidine rings is 1. The number of hydrogen-bond donors (Lipinski definition) is 2. The van der Waals surface area contributed by atoms with E-state index >= 15 is 0 Å². The zero-order valence-corrected chi connectivity index (χ0v) is 13.4. The number of nitrogens with one attached hydrogen (secondary N) is 2. The van der Waals surface area contributed by atoms with Gasteiger partial charge in [-0.25, -0.2) is 4.39 Å². The molecule has 2 aliphatic rings. The van der Waals surface area contributed by atoms with Crippen LogP contribution in [0.25, 0.3) is 0 Å². The molecular formula is C17H23FN2O3. The van der Waals surface area contributed by atoms with Crippen LogP contribution in [0.2, 0.25) is 0 Å². The Balaban J connectivity index is 1.56. The normalized spacial score (nSPS) is 23.7. The average Bonchev–Trinajstić information content (AvgIpc) is 2.54. The second-order valence-electron chi connectivity index (χ2n) is 6.28. The first-order valence-corrected chi connectivity index (χ1v) is 8.16. The van der Waals surface area contributed by atoms with Crippen molar-refractivity contribution in [2.45, 2.75) is 38.8 Å². The molecule has 2 aliphatic heterocycles. The molecule has 0 unspecified atom stereocenters. The number of halogens is 1. The molecule has 1 amide bonds. The summed E-state index contributed by atoms with van der Waals surface area (Å²) in [6.45, 7) is 4.00. The summed E-state index contributed by atoms with van der Waals surface area (Å²) in [5.74, 6) is 0.555. The molecule has 1 saturated heterocycles. The maximum absolute atomic E-state index is 13.7. The quantitative estimate of drug-likeness (QED) is 0.886. The lowest BCUT2D eigenvalue weighted by Gasteiger charge is -2.27. The van der Waals surface area contributed by atoms with Crippen molar-refractivity contribution in [3.8, 4) is 5.75 Å². The van der Waals surface area contributed by atoms with Crippen molar-refractivity contribution < 1.29 is 18.7 Å². The van der Waals surface area contributed by atoms with Crippen molar-refractivity contribution in [1.82, 2.24) is 10.6 Å². The highest BCUT2D eigenvalue weighted by molar-refractivity contribution is 5.78. The van der Waals surface area contributed by atoms with E-state index in [-0.39, 0.29) is 24.4 Å². The third kappa shape index (κ3) is 4.00. The molecule has 2 N–H and O–H groups in total. The van der Waals surface area contributed by atoms with E-state index in [0.717, 1.165) is 30.5 Å². The second kappa shape index (κ2) is 7.27. The molecule has 2 heterocycles. The molecule has 0 bridgehead atoms. The van der Waals surface area contributed by atoms with Crippen molar-refractivity contribution >= 4 is 5.91 Å². The van der Waals surface area contributed by atoms with E-state index in [1.807, 2.05) is 0 Å². The topological polar surface area (TPSA) is 59.6 Å². The van der Waals surface area contributed by atoms with E-state index in [0.29, 0.717) is 31.4 Å². The number of amides is 1. The lowest BCUT2D eigenvalue weighted by Crippen LogP contribution is -2.42. The summed E-state index contributed by atoms with van der Waals surface area (Å²) in [6, 6.07) is 3.29. The van der Waals surface area contributed by atoms with Crippen molar-refractivity contribution in [3.63, 3.8) is 0 Å². The van der Waals surface area contributed by atoms with E-state index in [1.54, 1.807) is 0 Å². The first-order chi connectivity index (χ1) is 11.1. The SMILES string of the molecule is C[C@H]1C[C@@H](C(=O)NCCc2cc(F)cc3c2OCOC3)CCN1. The molecule has 0 aromatic heterocycles. The van der Waals surface area contributed by atoms with Gasteiger partial charge in [-0.15, -0.1) is 0 Å². The van der Waals surface area contributed by atoms with Crippen LogP contribution in [0.15, 0.2) is 12.1 Å². The van der Waals surface area contributed by atoms with Gasteiger partial charge < -0.3 is 20.1 Å². The minimum Gasteiger partial charge on any atom is -0.467 e. The van der Waals surface area contributed by atoms with Crippen LogP contribution in [0, 0.1) is 11.7 Å². The maximum Gasteiger partial charge on any atom is 0.223 e. The van der Waals surface area contributed by atoms with E-state index < -0.39 is 0 Å². The summed E-state index contributed by atoms with van der Waals surface area (Å²) in [5.41, 5.74) is 1.51. The van der Waals surface area contributed by atoms with Crippen molar-refractivity contribution in [3.05, 3.63) is 29.1 Å². The van der Waals surface area contributed by atoms with Crippen LogP contribution in [-0.2, 0) is 22.6 Å². The standard InChI is InChI=1S/C17H23FN2O3/c1-11-6-13(3-4-19-11)17(21)20-5-2-12-7-15(18)8-14-9-22-10-23-16(12)14/h7-8,11,13,19H,2-6,9-10H2,1H3,(H,20,21)/t11-,13-/m0/s1. The van der Waals surface area contributed by atoms with Gasteiger partial charge in [-0.2, -0.15) is 0 Å². The highest BCUT2D eigenvalue weighted by Crippen LogP contribution is 2.29. The fraction of sp³-hybridized carbons (Fsp3) is 0.588. The zero-order valence-electron chi connectivity index (χ0n) is 13.4. The Labute approximate surface area is 135 Å². The molecule has 6 heteroatoms. The largest absolute Gasteiger partial charge is 0.467 e. The number of ether oxygens (including phenoxy) is 2. The summed E-state index contributed by atoms with van der Waals surface area (Å²) in [4.78, 5) is 12.2. The smallest absolute Gasteiger partial charge is 0.223 e. The molecule has 0 aliphatic carbocycles. The Morgan fingerprint density at radius 3 is 3.17 bits per heavy atom. The van der Waals surface area contributed by atoms with E-state index in [4.69, 9.17) is 9.47 Å². The van der Waals surface area contributed by atoms with Crippen molar-refractivity contribution in [1.29, 1.82) is 0 Å². The molecule has 0 spiro atoms. The number of fused-ring (bicyclic) bond motifs is 1. The van der Waals surface area contributed by atoms with Crippen LogP contribution >= 0.6 is 0 Å². The van der Waals surface area contributed by atoms with Gasteiger partial charge in [0, 0.05) is 24.1 Å². The molecule has 1 aromatic rings. The molecule has 0 radical (unpaired) electrons. The Morgan fingerprint density at radius 1 is 1.48 bits per heavy atom. The van der Waals surface area contributed by atoms with Gasteiger partial charge in [0.2, 0.25) is 5.91 Å². The molecule has 2 atom stereocenters. The molecule has 1 aromatic carbocycles. The first-order valence-electron chi connectivity index (χ1n) is 8.16. The summed E-state index contributed by atoms with van der Waals surface area (Å²) in [5, 5.41) is 6.31. The summed E-state index contributed by atoms with van der Waals surface area (Å²) >= 11 is 0. The Morgan fingerprint density at radius 2 is 2.35 bits per heavy atom. The number of carbonyl (C=O) groups is 1. The van der Waals surface area contributed by atoms with Gasteiger partial charge in [-0.05, 0) is 50.4 Å². The number of hydrogen-bond acceptors (Lipinski definition) is 4. The zero-order chi connectivity index (χ0) is 16.2. The fourth-order valence-corrected chi connectivity index (χ4v) is 3.28. The van der Waals surface area contributed by atoms with Crippen LogP contribution in [0.5, 0.6) is 5.75 Å². The lowest BCUT2D eigenvalue weighted by atomic mass is 9.92. The molecular weight excluding hydrogens is 299 g/mol. The Hall–Kier alpha value is -1.66. The molecule has 0 saturated carbocycles. The second-order valence-corrected chi connectivity index (χ2v) is 6.28. The molecule has 5 nitrogen and oxygen atoms in total. The van der Waals surface area contributed by atoms with Gasteiger partial charge in [-0.1, -0.05) is 0 Å². The predicted octanol–water partition coefficient (Wildman–Crippen LogP) is 1.74.